The Balaban J connectivity index is 1.56. The number of carbonyl (C=O) groups excluding carboxylic acids is 2. The molecule has 0 fully saturated rings. The quantitative estimate of drug-likeness (QED) is 0.368. The zero-order valence-electron chi connectivity index (χ0n) is 17.3. The van der Waals surface area contributed by atoms with Gasteiger partial charge >= 0.3 is 0 Å². The standard InChI is InChI=1S/C25H21F2N3O2/c1-15(31)28-23-14-18(8-10-21(23)27)29-24(32)12-9-19-20-13-17(26)7-11-22(20)30-25(19)16-5-3-2-4-6-16/h2-8,10-11,13-14,30H,9,12H2,1H3,(H,28,31)(H,29,32). The van der Waals surface area contributed by atoms with Crippen LogP contribution in [0, 0.1) is 11.6 Å². The van der Waals surface area contributed by atoms with Crippen molar-refractivity contribution in [3.8, 4) is 11.3 Å². The normalized spacial score (nSPS) is 10.8. The lowest BCUT2D eigenvalue weighted by Crippen LogP contribution is -2.13. The number of hydrogen-bond donors (Lipinski definition) is 3. The summed E-state index contributed by atoms with van der Waals surface area (Å²) in [6.07, 6.45) is 0.509. The van der Waals surface area contributed by atoms with Gasteiger partial charge < -0.3 is 15.6 Å². The van der Waals surface area contributed by atoms with E-state index < -0.39 is 11.7 Å². The molecule has 0 aliphatic heterocycles. The fourth-order valence-electron chi connectivity index (χ4n) is 3.68. The van der Waals surface area contributed by atoms with Crippen molar-refractivity contribution in [3.05, 3.63) is 83.9 Å². The molecule has 0 atom stereocenters. The van der Waals surface area contributed by atoms with Gasteiger partial charge in [0.05, 0.1) is 5.69 Å². The molecule has 7 heteroatoms. The Kier molecular flexibility index (Phi) is 5.98. The lowest BCUT2D eigenvalue weighted by molar-refractivity contribution is -0.116. The molecule has 0 spiro atoms. The Morgan fingerprint density at radius 1 is 0.938 bits per heavy atom. The monoisotopic (exact) mass is 433 g/mol. The van der Waals surface area contributed by atoms with E-state index in [0.29, 0.717) is 12.1 Å². The molecule has 1 heterocycles. The molecule has 2 amide bonds. The maximum Gasteiger partial charge on any atom is 0.224 e. The van der Waals surface area contributed by atoms with Gasteiger partial charge in [-0.1, -0.05) is 30.3 Å². The summed E-state index contributed by atoms with van der Waals surface area (Å²) >= 11 is 0. The lowest BCUT2D eigenvalue weighted by Gasteiger charge is -2.10. The zero-order chi connectivity index (χ0) is 22.7. The minimum absolute atomic E-state index is 0.00577. The maximum atomic E-state index is 13.9. The van der Waals surface area contributed by atoms with Crippen LogP contribution in [0.5, 0.6) is 0 Å². The molecule has 0 unspecified atom stereocenters. The molecule has 32 heavy (non-hydrogen) atoms. The first-order chi connectivity index (χ1) is 15.4. The summed E-state index contributed by atoms with van der Waals surface area (Å²) < 4.78 is 27.7. The number of aromatic amines is 1. The van der Waals surface area contributed by atoms with E-state index in [1.54, 1.807) is 6.07 Å². The lowest BCUT2D eigenvalue weighted by atomic mass is 10.0. The highest BCUT2D eigenvalue weighted by Gasteiger charge is 2.16. The van der Waals surface area contributed by atoms with Gasteiger partial charge in [0.25, 0.3) is 0 Å². The highest BCUT2D eigenvalue weighted by atomic mass is 19.1. The van der Waals surface area contributed by atoms with Crippen molar-refractivity contribution in [2.24, 2.45) is 0 Å². The number of benzene rings is 3. The molecule has 3 aromatic carbocycles. The molecular formula is C25H21F2N3O2. The van der Waals surface area contributed by atoms with Crippen LogP contribution in [-0.2, 0) is 16.0 Å². The van der Waals surface area contributed by atoms with Gasteiger partial charge in [-0.3, -0.25) is 9.59 Å². The highest BCUT2D eigenvalue weighted by Crippen LogP contribution is 2.32. The van der Waals surface area contributed by atoms with Crippen molar-refractivity contribution < 1.29 is 18.4 Å². The van der Waals surface area contributed by atoms with Crippen molar-refractivity contribution in [2.75, 3.05) is 10.6 Å². The molecule has 0 radical (unpaired) electrons. The number of anilines is 2. The number of amides is 2. The van der Waals surface area contributed by atoms with Crippen molar-refractivity contribution >= 4 is 34.1 Å². The van der Waals surface area contributed by atoms with Gasteiger partial charge in [0.2, 0.25) is 11.8 Å². The van der Waals surface area contributed by atoms with Crippen molar-refractivity contribution in [3.63, 3.8) is 0 Å². The average Bonchev–Trinajstić information content (AvgIpc) is 3.12. The van der Waals surface area contributed by atoms with E-state index in [0.717, 1.165) is 27.7 Å². The van der Waals surface area contributed by atoms with Crippen LogP contribution in [0.15, 0.2) is 66.7 Å². The van der Waals surface area contributed by atoms with Crippen molar-refractivity contribution in [1.82, 2.24) is 4.98 Å². The SMILES string of the molecule is CC(=O)Nc1cc(NC(=O)CCc2c(-c3ccccc3)[nH]c3ccc(F)cc23)ccc1F. The Morgan fingerprint density at radius 3 is 2.47 bits per heavy atom. The third kappa shape index (κ3) is 4.67. The zero-order valence-corrected chi connectivity index (χ0v) is 17.3. The summed E-state index contributed by atoms with van der Waals surface area (Å²) in [5.41, 5.74) is 3.78. The Morgan fingerprint density at radius 2 is 1.72 bits per heavy atom. The Labute approximate surface area is 183 Å². The second-order valence-electron chi connectivity index (χ2n) is 7.46. The van der Waals surface area contributed by atoms with Gasteiger partial charge in [-0.25, -0.2) is 8.78 Å². The van der Waals surface area contributed by atoms with E-state index in [1.165, 1.54) is 37.3 Å². The first-order valence-corrected chi connectivity index (χ1v) is 10.1. The fraction of sp³-hybridized carbons (Fsp3) is 0.120. The van der Waals surface area contributed by atoms with Gasteiger partial charge in [-0.2, -0.15) is 0 Å². The molecule has 4 aromatic rings. The number of fused-ring (bicyclic) bond motifs is 1. The summed E-state index contributed by atoms with van der Waals surface area (Å²) in [7, 11) is 0. The molecular weight excluding hydrogens is 412 g/mol. The van der Waals surface area contributed by atoms with Crippen LogP contribution in [0.4, 0.5) is 20.2 Å². The second kappa shape index (κ2) is 9.01. The van der Waals surface area contributed by atoms with E-state index in [-0.39, 0.29) is 23.8 Å². The van der Waals surface area contributed by atoms with Crippen LogP contribution in [0.25, 0.3) is 22.2 Å². The molecule has 1 aromatic heterocycles. The molecule has 0 saturated carbocycles. The van der Waals surface area contributed by atoms with Crippen LogP contribution in [0.1, 0.15) is 18.9 Å². The van der Waals surface area contributed by atoms with Crippen LogP contribution in [0.3, 0.4) is 0 Å². The third-order valence-corrected chi connectivity index (χ3v) is 5.09. The van der Waals surface area contributed by atoms with Gasteiger partial charge in [-0.15, -0.1) is 0 Å². The molecule has 5 nitrogen and oxygen atoms in total. The van der Waals surface area contributed by atoms with E-state index in [4.69, 9.17) is 0 Å². The highest BCUT2D eigenvalue weighted by molar-refractivity contribution is 5.95. The molecule has 0 bridgehead atoms. The Bertz CT molecular complexity index is 1300. The summed E-state index contributed by atoms with van der Waals surface area (Å²) in [5.74, 6) is -1.63. The molecule has 4 rings (SSSR count). The average molecular weight is 433 g/mol. The number of rotatable bonds is 6. The van der Waals surface area contributed by atoms with Gasteiger partial charge in [0, 0.05) is 35.6 Å². The smallest absolute Gasteiger partial charge is 0.224 e. The first-order valence-electron chi connectivity index (χ1n) is 10.1. The van der Waals surface area contributed by atoms with Crippen molar-refractivity contribution in [1.29, 1.82) is 0 Å². The van der Waals surface area contributed by atoms with Gasteiger partial charge in [-0.05, 0) is 53.9 Å². The third-order valence-electron chi connectivity index (χ3n) is 5.09. The first kappa shape index (κ1) is 21.2. The minimum atomic E-state index is -0.591. The number of hydrogen-bond acceptors (Lipinski definition) is 2. The second-order valence-corrected chi connectivity index (χ2v) is 7.46. The minimum Gasteiger partial charge on any atom is -0.354 e. The number of carbonyl (C=O) groups is 2. The van der Waals surface area contributed by atoms with E-state index >= 15 is 0 Å². The molecule has 162 valence electrons. The van der Waals surface area contributed by atoms with Crippen molar-refractivity contribution in [2.45, 2.75) is 19.8 Å². The Hall–Kier alpha value is -4.00. The van der Waals surface area contributed by atoms with E-state index in [1.807, 2.05) is 30.3 Å². The van der Waals surface area contributed by atoms with E-state index in [2.05, 4.69) is 15.6 Å². The summed E-state index contributed by atoms with van der Waals surface area (Å²) in [6.45, 7) is 1.28. The number of nitrogens with one attached hydrogen (secondary N) is 3. The van der Waals surface area contributed by atoms with Crippen LogP contribution in [-0.4, -0.2) is 16.8 Å². The molecule has 0 saturated heterocycles. The predicted molar refractivity (Wildman–Crippen MR) is 121 cm³/mol. The van der Waals surface area contributed by atoms with Crippen LogP contribution >= 0.6 is 0 Å². The van der Waals surface area contributed by atoms with Crippen LogP contribution < -0.4 is 10.6 Å². The number of halogens is 2. The molecule has 0 aliphatic rings. The number of aryl methyl sites for hydroxylation is 1. The number of H-pyrrole nitrogens is 1. The topological polar surface area (TPSA) is 74.0 Å². The number of aromatic nitrogens is 1. The molecule has 0 aliphatic carbocycles. The molecule has 3 N–H and O–H groups in total. The van der Waals surface area contributed by atoms with Gasteiger partial charge in [0.1, 0.15) is 11.6 Å². The van der Waals surface area contributed by atoms with Gasteiger partial charge in [0.15, 0.2) is 0 Å². The fourth-order valence-corrected chi connectivity index (χ4v) is 3.68. The predicted octanol–water partition coefficient (Wildman–Crippen LogP) is 5.64. The summed E-state index contributed by atoms with van der Waals surface area (Å²) in [4.78, 5) is 27.2. The van der Waals surface area contributed by atoms with E-state index in [9.17, 15) is 18.4 Å². The maximum absolute atomic E-state index is 13.9. The summed E-state index contributed by atoms with van der Waals surface area (Å²) in [6, 6.07) is 18.2. The van der Waals surface area contributed by atoms with Crippen LogP contribution in [0.2, 0.25) is 0 Å². The summed E-state index contributed by atoms with van der Waals surface area (Å²) in [5, 5.41) is 5.84. The largest absolute Gasteiger partial charge is 0.354 e.